The van der Waals surface area contributed by atoms with E-state index in [1.807, 2.05) is 31.2 Å². The van der Waals surface area contributed by atoms with Gasteiger partial charge in [-0.15, -0.1) is 0 Å². The largest absolute Gasteiger partial charge is 0.491 e. The van der Waals surface area contributed by atoms with E-state index in [-0.39, 0.29) is 12.7 Å². The van der Waals surface area contributed by atoms with E-state index in [0.29, 0.717) is 26.2 Å². The fourth-order valence-corrected chi connectivity index (χ4v) is 2.83. The summed E-state index contributed by atoms with van der Waals surface area (Å²) in [4.78, 5) is 14.7. The number of rotatable bonds is 7. The van der Waals surface area contributed by atoms with Gasteiger partial charge in [0.1, 0.15) is 25.0 Å². The molecule has 1 heterocycles. The number of nitrogens with one attached hydrogen (secondary N) is 1. The molecule has 1 aliphatic heterocycles. The maximum Gasteiger partial charge on any atom is 0.410 e. The van der Waals surface area contributed by atoms with Gasteiger partial charge in [0, 0.05) is 0 Å². The van der Waals surface area contributed by atoms with Gasteiger partial charge >= 0.3 is 6.09 Å². The highest BCUT2D eigenvalue weighted by atomic mass is 16.6. The highest BCUT2D eigenvalue weighted by molar-refractivity contribution is 5.67. The van der Waals surface area contributed by atoms with Gasteiger partial charge < -0.3 is 19.5 Å². The Bertz CT molecular complexity index is 498. The van der Waals surface area contributed by atoms with Crippen molar-refractivity contribution in [1.29, 1.82) is 0 Å². The van der Waals surface area contributed by atoms with Crippen molar-refractivity contribution in [3.63, 3.8) is 0 Å². The first-order chi connectivity index (χ1) is 11.6. The Hall–Kier alpha value is -1.79. The average Bonchev–Trinajstić information content (AvgIpc) is 2.61. The van der Waals surface area contributed by atoms with Gasteiger partial charge in [0.25, 0.3) is 0 Å². The average molecular weight is 337 g/mol. The number of aliphatic hydroxyl groups is 1. The van der Waals surface area contributed by atoms with E-state index in [1.165, 1.54) is 10.5 Å². The standard InChI is InChI=1S/C18H28N2O4/c1-3-15-5-7-17(8-6-15)24-14-16(21)13-19-9-11-20(12-10-19)18(22)23-4-2/h5-8,16,21H,3-4,9-14H2,1-2H3/p+1/t16-/m0/s1. The Kier molecular flexibility index (Phi) is 7.34. The predicted octanol–water partition coefficient (Wildman–Crippen LogP) is 0.346. The SMILES string of the molecule is CCOC(=O)N1CC[NH+](C[C@H](O)COc2ccc(CC)cc2)CC1. The zero-order valence-corrected chi connectivity index (χ0v) is 14.7. The number of ether oxygens (including phenoxy) is 2. The minimum Gasteiger partial charge on any atom is -0.491 e. The predicted molar refractivity (Wildman–Crippen MR) is 91.5 cm³/mol. The number of quaternary nitrogens is 1. The molecule has 2 rings (SSSR count). The van der Waals surface area contributed by atoms with Gasteiger partial charge in [0.15, 0.2) is 0 Å². The first kappa shape index (κ1) is 18.5. The van der Waals surface area contributed by atoms with Crippen LogP contribution < -0.4 is 9.64 Å². The molecule has 0 bridgehead atoms. The van der Waals surface area contributed by atoms with Crippen molar-refractivity contribution < 1.29 is 24.3 Å². The van der Waals surface area contributed by atoms with Gasteiger partial charge in [-0.2, -0.15) is 0 Å². The molecular formula is C18H29N2O4+. The molecule has 1 atom stereocenters. The van der Waals surface area contributed by atoms with Crippen molar-refractivity contribution in [2.45, 2.75) is 26.4 Å². The summed E-state index contributed by atoms with van der Waals surface area (Å²) in [6, 6.07) is 7.97. The van der Waals surface area contributed by atoms with E-state index in [9.17, 15) is 9.90 Å². The lowest BCUT2D eigenvalue weighted by Gasteiger charge is -2.32. The Balaban J connectivity index is 1.67. The van der Waals surface area contributed by atoms with Crippen LogP contribution >= 0.6 is 0 Å². The van der Waals surface area contributed by atoms with Crippen molar-refractivity contribution in [3.8, 4) is 5.75 Å². The maximum atomic E-state index is 11.7. The van der Waals surface area contributed by atoms with Crippen LogP contribution in [0, 0.1) is 0 Å². The zero-order valence-electron chi connectivity index (χ0n) is 14.7. The van der Waals surface area contributed by atoms with Crippen LogP contribution in [0.15, 0.2) is 24.3 Å². The van der Waals surface area contributed by atoms with Gasteiger partial charge in [0.05, 0.1) is 32.8 Å². The second-order valence-electron chi connectivity index (χ2n) is 6.10. The monoisotopic (exact) mass is 337 g/mol. The molecule has 2 N–H and O–H groups in total. The molecular weight excluding hydrogens is 308 g/mol. The van der Waals surface area contributed by atoms with Crippen LogP contribution in [0.2, 0.25) is 0 Å². The van der Waals surface area contributed by atoms with Crippen molar-refractivity contribution in [1.82, 2.24) is 4.90 Å². The topological polar surface area (TPSA) is 63.4 Å². The molecule has 1 aliphatic rings. The van der Waals surface area contributed by atoms with E-state index >= 15 is 0 Å². The van der Waals surface area contributed by atoms with Gasteiger partial charge in [-0.05, 0) is 31.0 Å². The highest BCUT2D eigenvalue weighted by Gasteiger charge is 2.26. The number of carbonyl (C=O) groups is 1. The summed E-state index contributed by atoms with van der Waals surface area (Å²) in [5, 5.41) is 10.2. The van der Waals surface area contributed by atoms with E-state index in [1.54, 1.807) is 4.90 Å². The summed E-state index contributed by atoms with van der Waals surface area (Å²) in [6.07, 6.45) is 0.250. The number of hydrogen-bond acceptors (Lipinski definition) is 4. The fourth-order valence-electron chi connectivity index (χ4n) is 2.83. The molecule has 0 unspecified atom stereocenters. The number of carbonyl (C=O) groups excluding carboxylic acids is 1. The Labute approximate surface area is 144 Å². The number of piperazine rings is 1. The van der Waals surface area contributed by atoms with Gasteiger partial charge in [-0.1, -0.05) is 19.1 Å². The smallest absolute Gasteiger partial charge is 0.410 e. The van der Waals surface area contributed by atoms with E-state index < -0.39 is 6.10 Å². The Morgan fingerprint density at radius 1 is 1.25 bits per heavy atom. The number of amides is 1. The third-order valence-corrected chi connectivity index (χ3v) is 4.29. The van der Waals surface area contributed by atoms with Crippen LogP contribution in [-0.4, -0.2) is 68.1 Å². The van der Waals surface area contributed by atoms with E-state index in [0.717, 1.165) is 25.3 Å². The van der Waals surface area contributed by atoms with Gasteiger partial charge in [-0.25, -0.2) is 4.79 Å². The number of aliphatic hydroxyl groups excluding tert-OH is 1. The lowest BCUT2D eigenvalue weighted by molar-refractivity contribution is -0.907. The van der Waals surface area contributed by atoms with Crippen LogP contribution in [0.5, 0.6) is 5.75 Å². The fraction of sp³-hybridized carbons (Fsp3) is 0.611. The molecule has 0 aromatic heterocycles. The summed E-state index contributed by atoms with van der Waals surface area (Å²) in [7, 11) is 0. The molecule has 1 aromatic carbocycles. The molecule has 134 valence electrons. The van der Waals surface area contributed by atoms with Crippen molar-refractivity contribution in [2.75, 3.05) is 45.9 Å². The molecule has 1 saturated heterocycles. The normalized spacial score (nSPS) is 16.7. The summed E-state index contributed by atoms with van der Waals surface area (Å²) in [5.41, 5.74) is 1.27. The molecule has 6 heteroatoms. The van der Waals surface area contributed by atoms with Crippen LogP contribution in [0.4, 0.5) is 4.79 Å². The van der Waals surface area contributed by atoms with Gasteiger partial charge in [-0.3, -0.25) is 4.90 Å². The maximum absolute atomic E-state index is 11.7. The molecule has 6 nitrogen and oxygen atoms in total. The van der Waals surface area contributed by atoms with Crippen LogP contribution in [0.25, 0.3) is 0 Å². The molecule has 24 heavy (non-hydrogen) atoms. The second-order valence-corrected chi connectivity index (χ2v) is 6.10. The third kappa shape index (κ3) is 5.69. The van der Waals surface area contributed by atoms with Crippen molar-refractivity contribution in [3.05, 3.63) is 29.8 Å². The minimum absolute atomic E-state index is 0.240. The molecule has 0 radical (unpaired) electrons. The molecule has 0 saturated carbocycles. The Morgan fingerprint density at radius 3 is 2.50 bits per heavy atom. The first-order valence-electron chi connectivity index (χ1n) is 8.77. The molecule has 0 aliphatic carbocycles. The summed E-state index contributed by atoms with van der Waals surface area (Å²) < 4.78 is 10.7. The summed E-state index contributed by atoms with van der Waals surface area (Å²) >= 11 is 0. The quantitative estimate of drug-likeness (QED) is 0.753. The zero-order chi connectivity index (χ0) is 17.4. The van der Waals surface area contributed by atoms with Crippen molar-refractivity contribution >= 4 is 6.09 Å². The number of nitrogens with zero attached hydrogens (tertiary/aromatic N) is 1. The van der Waals surface area contributed by atoms with Crippen molar-refractivity contribution in [2.24, 2.45) is 0 Å². The lowest BCUT2D eigenvalue weighted by Crippen LogP contribution is -3.16. The minimum atomic E-state index is -0.514. The van der Waals surface area contributed by atoms with Crippen LogP contribution in [-0.2, 0) is 11.2 Å². The lowest BCUT2D eigenvalue weighted by atomic mass is 10.2. The first-order valence-corrected chi connectivity index (χ1v) is 8.77. The highest BCUT2D eigenvalue weighted by Crippen LogP contribution is 2.12. The number of benzene rings is 1. The molecule has 1 amide bonds. The summed E-state index contributed by atoms with van der Waals surface area (Å²) in [6.45, 7) is 8.22. The Morgan fingerprint density at radius 2 is 1.92 bits per heavy atom. The molecule has 1 fully saturated rings. The molecule has 0 spiro atoms. The summed E-state index contributed by atoms with van der Waals surface area (Å²) in [5.74, 6) is 0.786. The van der Waals surface area contributed by atoms with Crippen LogP contribution in [0.1, 0.15) is 19.4 Å². The number of aryl methyl sites for hydroxylation is 1. The third-order valence-electron chi connectivity index (χ3n) is 4.29. The van der Waals surface area contributed by atoms with Gasteiger partial charge in [0.2, 0.25) is 0 Å². The van der Waals surface area contributed by atoms with E-state index in [2.05, 4.69) is 6.92 Å². The second kappa shape index (κ2) is 9.49. The van der Waals surface area contributed by atoms with E-state index in [4.69, 9.17) is 9.47 Å². The molecule has 1 aromatic rings. The van der Waals surface area contributed by atoms with Crippen LogP contribution in [0.3, 0.4) is 0 Å². The number of hydrogen-bond donors (Lipinski definition) is 2.